The Morgan fingerprint density at radius 3 is 2.55 bits per heavy atom. The number of esters is 1. The summed E-state index contributed by atoms with van der Waals surface area (Å²) in [7, 11) is -2.68. The smallest absolute Gasteiger partial charge is 0.306 e. The SMILES string of the molecule is COC(=O)CCS(=O)(=O)C(=Cc1ccc(-c2ccccc2F)s1)c1ncccn1. The molecular formula is C20H17FN2O4S2. The quantitative estimate of drug-likeness (QED) is 0.528. The molecule has 9 heteroatoms. The number of sulfone groups is 1. The van der Waals surface area contributed by atoms with Crippen LogP contribution in [0.3, 0.4) is 0 Å². The number of carbonyl (C=O) groups excluding carboxylic acids is 1. The molecule has 6 nitrogen and oxygen atoms in total. The first-order valence-corrected chi connectivity index (χ1v) is 11.0. The van der Waals surface area contributed by atoms with Crippen LogP contribution in [0.2, 0.25) is 0 Å². The zero-order chi connectivity index (χ0) is 20.9. The van der Waals surface area contributed by atoms with Crippen LogP contribution in [0.4, 0.5) is 4.39 Å². The fourth-order valence-electron chi connectivity index (χ4n) is 2.51. The van der Waals surface area contributed by atoms with Crippen LogP contribution in [0, 0.1) is 5.82 Å². The number of methoxy groups -OCH3 is 1. The maximum absolute atomic E-state index is 14.0. The summed E-state index contributed by atoms with van der Waals surface area (Å²) in [4.78, 5) is 20.6. The van der Waals surface area contributed by atoms with Crippen LogP contribution in [0.25, 0.3) is 21.4 Å². The maximum Gasteiger partial charge on any atom is 0.306 e. The van der Waals surface area contributed by atoms with Crippen molar-refractivity contribution in [1.29, 1.82) is 0 Å². The molecule has 0 amide bonds. The first kappa shape index (κ1) is 20.8. The van der Waals surface area contributed by atoms with Crippen molar-refractivity contribution in [2.24, 2.45) is 0 Å². The van der Waals surface area contributed by atoms with Crippen molar-refractivity contribution in [3.8, 4) is 10.4 Å². The predicted molar refractivity (Wildman–Crippen MR) is 110 cm³/mol. The van der Waals surface area contributed by atoms with E-state index in [0.717, 1.165) is 0 Å². The van der Waals surface area contributed by atoms with Crippen molar-refractivity contribution >= 4 is 38.1 Å². The number of aromatic nitrogens is 2. The number of benzene rings is 1. The lowest BCUT2D eigenvalue weighted by atomic mass is 10.2. The Balaban J connectivity index is 2.00. The van der Waals surface area contributed by atoms with Gasteiger partial charge in [0.05, 0.1) is 19.3 Å². The summed E-state index contributed by atoms with van der Waals surface area (Å²) in [6.07, 6.45) is 4.03. The summed E-state index contributed by atoms with van der Waals surface area (Å²) in [5.41, 5.74) is 0.434. The highest BCUT2D eigenvalue weighted by Gasteiger charge is 2.24. The van der Waals surface area contributed by atoms with Gasteiger partial charge in [0, 0.05) is 27.7 Å². The molecule has 3 aromatic rings. The number of ether oxygens (including phenoxy) is 1. The van der Waals surface area contributed by atoms with E-state index in [-0.39, 0.29) is 23.0 Å². The average Bonchev–Trinajstić information content (AvgIpc) is 3.19. The molecule has 0 spiro atoms. The van der Waals surface area contributed by atoms with Gasteiger partial charge in [-0.05, 0) is 30.3 Å². The minimum Gasteiger partial charge on any atom is -0.469 e. The van der Waals surface area contributed by atoms with Crippen molar-refractivity contribution in [2.45, 2.75) is 6.42 Å². The first-order chi connectivity index (χ1) is 13.9. The van der Waals surface area contributed by atoms with E-state index in [1.54, 1.807) is 36.4 Å². The number of hydrogen-bond acceptors (Lipinski definition) is 7. The topological polar surface area (TPSA) is 86.2 Å². The fraction of sp³-hybridized carbons (Fsp3) is 0.150. The molecular weight excluding hydrogens is 415 g/mol. The molecule has 0 aliphatic heterocycles. The minimum absolute atomic E-state index is 0.0261. The highest BCUT2D eigenvalue weighted by Crippen LogP contribution is 2.33. The van der Waals surface area contributed by atoms with E-state index in [1.165, 1.54) is 43.0 Å². The second kappa shape index (κ2) is 9.06. The van der Waals surface area contributed by atoms with Gasteiger partial charge in [-0.1, -0.05) is 18.2 Å². The zero-order valence-corrected chi connectivity index (χ0v) is 17.0. The van der Waals surface area contributed by atoms with Crippen LogP contribution >= 0.6 is 11.3 Å². The van der Waals surface area contributed by atoms with E-state index >= 15 is 0 Å². The molecule has 0 unspecified atom stereocenters. The number of rotatable bonds is 7. The third-order valence-corrected chi connectivity index (χ3v) is 6.74. The highest BCUT2D eigenvalue weighted by molar-refractivity contribution is 8.00. The Kier molecular flexibility index (Phi) is 6.50. The second-order valence-corrected chi connectivity index (χ2v) is 9.10. The lowest BCUT2D eigenvalue weighted by molar-refractivity contribution is -0.140. The molecule has 2 aromatic heterocycles. The number of hydrogen-bond donors (Lipinski definition) is 0. The van der Waals surface area contributed by atoms with Crippen molar-refractivity contribution in [2.75, 3.05) is 12.9 Å². The van der Waals surface area contributed by atoms with E-state index < -0.39 is 21.6 Å². The Bertz CT molecular complexity index is 1140. The van der Waals surface area contributed by atoms with Gasteiger partial charge >= 0.3 is 5.97 Å². The highest BCUT2D eigenvalue weighted by atomic mass is 32.2. The van der Waals surface area contributed by atoms with Gasteiger partial charge in [-0.3, -0.25) is 4.79 Å². The molecule has 0 aliphatic carbocycles. The van der Waals surface area contributed by atoms with Gasteiger partial charge < -0.3 is 4.74 Å². The summed E-state index contributed by atoms with van der Waals surface area (Å²) in [5, 5.41) is 0. The molecule has 0 saturated carbocycles. The molecule has 0 fully saturated rings. The van der Waals surface area contributed by atoms with Crippen molar-refractivity contribution in [3.63, 3.8) is 0 Å². The second-order valence-electron chi connectivity index (χ2n) is 5.91. The van der Waals surface area contributed by atoms with Gasteiger partial charge in [-0.25, -0.2) is 22.8 Å². The number of halogens is 1. The Morgan fingerprint density at radius 1 is 1.14 bits per heavy atom. The Hall–Kier alpha value is -2.91. The minimum atomic E-state index is -3.87. The van der Waals surface area contributed by atoms with Gasteiger partial charge in [-0.15, -0.1) is 11.3 Å². The van der Waals surface area contributed by atoms with E-state index in [9.17, 15) is 17.6 Å². The van der Waals surface area contributed by atoms with Gasteiger partial charge in [0.25, 0.3) is 0 Å². The fourth-order valence-corrected chi connectivity index (χ4v) is 4.91. The normalized spacial score (nSPS) is 12.0. The molecule has 0 N–H and O–H groups in total. The first-order valence-electron chi connectivity index (χ1n) is 8.54. The predicted octanol–water partition coefficient (Wildman–Crippen LogP) is 3.82. The lowest BCUT2D eigenvalue weighted by Crippen LogP contribution is -2.14. The van der Waals surface area contributed by atoms with Crippen LogP contribution in [0.5, 0.6) is 0 Å². The molecule has 0 atom stereocenters. The molecule has 150 valence electrons. The van der Waals surface area contributed by atoms with E-state index in [0.29, 0.717) is 15.3 Å². The summed E-state index contributed by atoms with van der Waals surface area (Å²) in [6, 6.07) is 11.3. The van der Waals surface area contributed by atoms with Gasteiger partial charge in [0.1, 0.15) is 10.7 Å². The van der Waals surface area contributed by atoms with Gasteiger partial charge in [0.2, 0.25) is 0 Å². The van der Waals surface area contributed by atoms with Crippen molar-refractivity contribution < 1.29 is 22.3 Å². The van der Waals surface area contributed by atoms with Crippen LogP contribution in [0.1, 0.15) is 17.1 Å². The third-order valence-electron chi connectivity index (χ3n) is 3.96. The molecule has 3 rings (SSSR count). The molecule has 0 radical (unpaired) electrons. The maximum atomic E-state index is 14.0. The van der Waals surface area contributed by atoms with Crippen LogP contribution in [0.15, 0.2) is 54.9 Å². The Labute approximate surface area is 171 Å². The average molecular weight is 432 g/mol. The zero-order valence-electron chi connectivity index (χ0n) is 15.4. The van der Waals surface area contributed by atoms with Crippen LogP contribution in [-0.4, -0.2) is 37.2 Å². The number of nitrogens with zero attached hydrogens (tertiary/aromatic N) is 2. The molecule has 0 saturated heterocycles. The van der Waals surface area contributed by atoms with E-state index in [1.807, 2.05) is 0 Å². The van der Waals surface area contributed by atoms with Gasteiger partial charge in [0.15, 0.2) is 15.7 Å². The molecule has 29 heavy (non-hydrogen) atoms. The van der Waals surface area contributed by atoms with Gasteiger partial charge in [-0.2, -0.15) is 0 Å². The number of thiophene rings is 1. The summed E-state index contributed by atoms with van der Waals surface area (Å²) in [6.45, 7) is 0. The standard InChI is InChI=1S/C20H17FN2O4S2/c1-27-19(24)9-12-29(25,26)18(20-22-10-4-11-23-20)13-14-7-8-17(28-14)15-5-2-3-6-16(15)21/h2-8,10-11,13H,9,12H2,1H3. The molecule has 2 heterocycles. The van der Waals surface area contributed by atoms with Crippen LogP contribution in [-0.2, 0) is 19.4 Å². The van der Waals surface area contributed by atoms with Crippen molar-refractivity contribution in [3.05, 3.63) is 71.4 Å². The van der Waals surface area contributed by atoms with E-state index in [4.69, 9.17) is 0 Å². The van der Waals surface area contributed by atoms with E-state index in [2.05, 4.69) is 14.7 Å². The van der Waals surface area contributed by atoms with Crippen molar-refractivity contribution in [1.82, 2.24) is 9.97 Å². The number of carbonyl (C=O) groups is 1. The summed E-state index contributed by atoms with van der Waals surface area (Å²) in [5.74, 6) is -1.39. The lowest BCUT2D eigenvalue weighted by Gasteiger charge is -2.07. The summed E-state index contributed by atoms with van der Waals surface area (Å²) >= 11 is 1.24. The molecule has 1 aromatic carbocycles. The third kappa shape index (κ3) is 5.12. The van der Waals surface area contributed by atoms with Crippen LogP contribution < -0.4 is 0 Å². The summed E-state index contributed by atoms with van der Waals surface area (Å²) < 4.78 is 44.3. The largest absolute Gasteiger partial charge is 0.469 e. The monoisotopic (exact) mass is 432 g/mol. The molecule has 0 aliphatic rings. The molecule has 0 bridgehead atoms. The Morgan fingerprint density at radius 2 is 1.86 bits per heavy atom.